The summed E-state index contributed by atoms with van der Waals surface area (Å²) in [6, 6.07) is 6.08. The van der Waals surface area contributed by atoms with Crippen LogP contribution in [0.1, 0.15) is 22.5 Å². The van der Waals surface area contributed by atoms with Gasteiger partial charge in [-0.25, -0.2) is 18.3 Å². The van der Waals surface area contributed by atoms with Crippen molar-refractivity contribution in [3.05, 3.63) is 46.7 Å². The highest BCUT2D eigenvalue weighted by Crippen LogP contribution is 2.26. The summed E-state index contributed by atoms with van der Waals surface area (Å²) >= 11 is 5.75. The molecule has 1 aromatic heterocycles. The molecule has 1 heterocycles. The predicted molar refractivity (Wildman–Crippen MR) is 60.5 cm³/mol. The number of alkyl halides is 2. The monoisotopic (exact) mass is 272 g/mol. The Morgan fingerprint density at radius 2 is 2.17 bits per heavy atom. The average Bonchev–Trinajstić information content (AvgIpc) is 2.73. The van der Waals surface area contributed by atoms with Gasteiger partial charge in [-0.2, -0.15) is 5.10 Å². The van der Waals surface area contributed by atoms with Crippen molar-refractivity contribution >= 4 is 17.6 Å². The van der Waals surface area contributed by atoms with Gasteiger partial charge in [0.2, 0.25) is 0 Å². The molecule has 0 atom stereocenters. The zero-order valence-corrected chi connectivity index (χ0v) is 9.60. The van der Waals surface area contributed by atoms with Crippen molar-refractivity contribution < 1.29 is 18.7 Å². The van der Waals surface area contributed by atoms with Gasteiger partial charge < -0.3 is 5.11 Å². The van der Waals surface area contributed by atoms with E-state index in [4.69, 9.17) is 16.7 Å². The van der Waals surface area contributed by atoms with Gasteiger partial charge >= 0.3 is 5.97 Å². The molecule has 7 heteroatoms. The lowest BCUT2D eigenvalue weighted by Gasteiger charge is -2.07. The molecule has 0 amide bonds. The van der Waals surface area contributed by atoms with Gasteiger partial charge in [-0.3, -0.25) is 0 Å². The first-order chi connectivity index (χ1) is 8.50. The Bertz CT molecular complexity index is 598. The average molecular weight is 273 g/mol. The molecule has 0 saturated heterocycles. The Labute approximate surface area is 105 Å². The Kier molecular flexibility index (Phi) is 3.29. The lowest BCUT2D eigenvalue weighted by Crippen LogP contribution is -2.07. The van der Waals surface area contributed by atoms with Crippen LogP contribution in [0.3, 0.4) is 0 Å². The van der Waals surface area contributed by atoms with Crippen molar-refractivity contribution in [3.8, 4) is 5.69 Å². The Morgan fingerprint density at radius 3 is 2.72 bits per heavy atom. The van der Waals surface area contributed by atoms with Gasteiger partial charge in [-0.1, -0.05) is 17.7 Å². The minimum absolute atomic E-state index is 0.283. The molecular formula is C11H7ClF2N2O2. The molecule has 0 aliphatic rings. The number of rotatable bonds is 3. The van der Waals surface area contributed by atoms with Crippen LogP contribution in [0.2, 0.25) is 5.02 Å². The highest BCUT2D eigenvalue weighted by molar-refractivity contribution is 6.30. The summed E-state index contributed by atoms with van der Waals surface area (Å²) < 4.78 is 26.7. The second-order valence-electron chi connectivity index (χ2n) is 3.44. The van der Waals surface area contributed by atoms with Crippen LogP contribution in [0.5, 0.6) is 0 Å². The van der Waals surface area contributed by atoms with Crippen LogP contribution >= 0.6 is 11.6 Å². The molecule has 94 valence electrons. The number of hydrogen-bond donors (Lipinski definition) is 1. The third kappa shape index (κ3) is 2.19. The van der Waals surface area contributed by atoms with Crippen LogP contribution in [0.15, 0.2) is 30.5 Å². The summed E-state index contributed by atoms with van der Waals surface area (Å²) in [5.41, 5.74) is -0.903. The largest absolute Gasteiger partial charge is 0.478 e. The molecule has 0 unspecified atom stereocenters. The van der Waals surface area contributed by atoms with Crippen molar-refractivity contribution in [3.63, 3.8) is 0 Å². The lowest BCUT2D eigenvalue weighted by molar-refractivity contribution is 0.0683. The Hall–Kier alpha value is -1.95. The number of carboxylic acid groups (broad SMARTS) is 1. The molecule has 0 saturated carbocycles. The Morgan fingerprint density at radius 1 is 1.44 bits per heavy atom. The van der Waals surface area contributed by atoms with E-state index in [9.17, 15) is 13.6 Å². The van der Waals surface area contributed by atoms with Gasteiger partial charge in [-0.15, -0.1) is 0 Å². The number of aromatic carboxylic acids is 1. The van der Waals surface area contributed by atoms with Gasteiger partial charge in [0, 0.05) is 5.02 Å². The molecule has 0 bridgehead atoms. The number of nitrogens with zero attached hydrogens (tertiary/aromatic N) is 2. The summed E-state index contributed by atoms with van der Waals surface area (Å²) in [5, 5.41) is 12.8. The topological polar surface area (TPSA) is 55.1 Å². The summed E-state index contributed by atoms with van der Waals surface area (Å²) in [6.45, 7) is 0. The van der Waals surface area contributed by atoms with Crippen LogP contribution in [0.25, 0.3) is 5.69 Å². The van der Waals surface area contributed by atoms with E-state index < -0.39 is 23.7 Å². The number of aromatic nitrogens is 2. The van der Waals surface area contributed by atoms with E-state index in [0.29, 0.717) is 5.02 Å². The highest BCUT2D eigenvalue weighted by atomic mass is 35.5. The second-order valence-corrected chi connectivity index (χ2v) is 3.88. The van der Waals surface area contributed by atoms with Crippen LogP contribution in [0.4, 0.5) is 8.78 Å². The van der Waals surface area contributed by atoms with Crippen molar-refractivity contribution in [1.29, 1.82) is 0 Å². The van der Waals surface area contributed by atoms with E-state index in [1.165, 1.54) is 12.1 Å². The molecular weight excluding hydrogens is 266 g/mol. The standard InChI is InChI=1S/C11H7ClF2N2O2/c12-6-2-1-3-7(4-6)16-9(10(13)14)8(5-15-16)11(17)18/h1-5,10H,(H,17,18). The van der Waals surface area contributed by atoms with E-state index in [2.05, 4.69) is 5.10 Å². The van der Waals surface area contributed by atoms with Crippen LogP contribution in [0, 0.1) is 0 Å². The third-order valence-electron chi connectivity index (χ3n) is 2.30. The fourth-order valence-corrected chi connectivity index (χ4v) is 1.73. The number of hydrogen-bond acceptors (Lipinski definition) is 2. The molecule has 4 nitrogen and oxygen atoms in total. The SMILES string of the molecule is O=C(O)c1cnn(-c2cccc(Cl)c2)c1C(F)F. The molecule has 0 aliphatic heterocycles. The fraction of sp³-hybridized carbons (Fsp3) is 0.0909. The van der Waals surface area contributed by atoms with Gasteiger partial charge in [-0.05, 0) is 18.2 Å². The number of benzene rings is 1. The normalized spacial score (nSPS) is 10.9. The van der Waals surface area contributed by atoms with Gasteiger partial charge in [0.05, 0.1) is 11.9 Å². The van der Waals surface area contributed by atoms with Crippen LogP contribution in [-0.4, -0.2) is 20.9 Å². The summed E-state index contributed by atoms with van der Waals surface area (Å²) in [6.07, 6.45) is -2.05. The minimum Gasteiger partial charge on any atom is -0.478 e. The fourth-order valence-electron chi connectivity index (χ4n) is 1.55. The molecule has 2 aromatic rings. The van der Waals surface area contributed by atoms with E-state index >= 15 is 0 Å². The first kappa shape index (κ1) is 12.5. The molecule has 0 radical (unpaired) electrons. The minimum atomic E-state index is -2.95. The van der Waals surface area contributed by atoms with Crippen molar-refractivity contribution in [2.75, 3.05) is 0 Å². The highest BCUT2D eigenvalue weighted by Gasteiger charge is 2.24. The molecule has 1 N–H and O–H groups in total. The maximum absolute atomic E-state index is 12.9. The smallest absolute Gasteiger partial charge is 0.339 e. The predicted octanol–water partition coefficient (Wildman–Crippen LogP) is 3.16. The van der Waals surface area contributed by atoms with Crippen molar-refractivity contribution in [1.82, 2.24) is 9.78 Å². The van der Waals surface area contributed by atoms with E-state index in [-0.39, 0.29) is 5.69 Å². The van der Waals surface area contributed by atoms with Gasteiger partial charge in [0.25, 0.3) is 6.43 Å². The van der Waals surface area contributed by atoms with Crippen LogP contribution in [-0.2, 0) is 0 Å². The summed E-state index contributed by atoms with van der Waals surface area (Å²) in [7, 11) is 0. The summed E-state index contributed by atoms with van der Waals surface area (Å²) in [5.74, 6) is -1.45. The first-order valence-electron chi connectivity index (χ1n) is 4.86. The van der Waals surface area contributed by atoms with Crippen molar-refractivity contribution in [2.24, 2.45) is 0 Å². The molecule has 0 fully saturated rings. The molecule has 2 rings (SSSR count). The zero-order chi connectivity index (χ0) is 13.3. The maximum atomic E-state index is 12.9. The molecule has 18 heavy (non-hydrogen) atoms. The first-order valence-corrected chi connectivity index (χ1v) is 5.24. The zero-order valence-electron chi connectivity index (χ0n) is 8.85. The summed E-state index contributed by atoms with van der Waals surface area (Å²) in [4.78, 5) is 10.8. The molecule has 1 aromatic carbocycles. The van der Waals surface area contributed by atoms with E-state index in [0.717, 1.165) is 10.9 Å². The van der Waals surface area contributed by atoms with Gasteiger partial charge in [0.1, 0.15) is 11.3 Å². The third-order valence-corrected chi connectivity index (χ3v) is 2.53. The molecule has 0 aliphatic carbocycles. The van der Waals surface area contributed by atoms with Crippen molar-refractivity contribution in [2.45, 2.75) is 6.43 Å². The second kappa shape index (κ2) is 4.73. The van der Waals surface area contributed by atoms with Crippen LogP contribution < -0.4 is 0 Å². The number of carboxylic acids is 1. The molecule has 0 spiro atoms. The van der Waals surface area contributed by atoms with E-state index in [1.54, 1.807) is 12.1 Å². The van der Waals surface area contributed by atoms with E-state index in [1.807, 2.05) is 0 Å². The van der Waals surface area contributed by atoms with Gasteiger partial charge in [0.15, 0.2) is 0 Å². The maximum Gasteiger partial charge on any atom is 0.339 e. The Balaban J connectivity index is 2.61. The lowest BCUT2D eigenvalue weighted by atomic mass is 10.2. The number of carbonyl (C=O) groups is 1. The quantitative estimate of drug-likeness (QED) is 0.934. The number of halogens is 3.